The van der Waals surface area contributed by atoms with Crippen LogP contribution in [0.2, 0.25) is 5.15 Å². The molecule has 0 aliphatic carbocycles. The van der Waals surface area contributed by atoms with Gasteiger partial charge in [0.15, 0.2) is 0 Å². The second kappa shape index (κ2) is 11.3. The first-order valence-corrected chi connectivity index (χ1v) is 12.6. The number of thiophene rings is 1. The minimum absolute atomic E-state index is 0.194. The fourth-order valence-corrected chi connectivity index (χ4v) is 4.56. The van der Waals surface area contributed by atoms with Crippen molar-refractivity contribution in [3.63, 3.8) is 0 Å². The quantitative estimate of drug-likeness (QED) is 0.272. The van der Waals surface area contributed by atoms with E-state index in [1.165, 1.54) is 16.0 Å². The standard InChI is InChI=1S/C26H25ClN4O4S/c1-4-34-20-15-19(21(35-5-2)14-18(20)28-25(32)22-12-9-13-36-22)29-26(33)23-16(3)30-31(24(23)27)17-10-7-6-8-11-17/h6-15H,4-5H2,1-3H3,(H,28,32)(H,29,33). The van der Waals surface area contributed by atoms with Gasteiger partial charge in [-0.1, -0.05) is 35.9 Å². The van der Waals surface area contributed by atoms with Crippen LogP contribution in [0.3, 0.4) is 0 Å². The zero-order valence-corrected chi connectivity index (χ0v) is 21.6. The fraction of sp³-hybridized carbons (Fsp3) is 0.192. The van der Waals surface area contributed by atoms with Gasteiger partial charge in [-0.2, -0.15) is 5.10 Å². The molecule has 0 fully saturated rings. The molecule has 10 heteroatoms. The molecular formula is C26H25ClN4O4S. The summed E-state index contributed by atoms with van der Waals surface area (Å²) in [6, 6.07) is 16.1. The molecule has 2 heterocycles. The molecule has 0 radical (unpaired) electrons. The number of rotatable bonds is 9. The third kappa shape index (κ3) is 5.37. The lowest BCUT2D eigenvalue weighted by Crippen LogP contribution is -2.16. The monoisotopic (exact) mass is 524 g/mol. The van der Waals surface area contributed by atoms with Crippen molar-refractivity contribution in [1.82, 2.24) is 9.78 Å². The van der Waals surface area contributed by atoms with Crippen molar-refractivity contribution in [2.75, 3.05) is 23.8 Å². The van der Waals surface area contributed by atoms with Crippen molar-refractivity contribution >= 4 is 46.1 Å². The molecule has 0 aliphatic rings. The Balaban J connectivity index is 1.67. The van der Waals surface area contributed by atoms with Gasteiger partial charge in [-0.3, -0.25) is 9.59 Å². The third-order valence-electron chi connectivity index (χ3n) is 5.15. The number of hydrogen-bond acceptors (Lipinski definition) is 6. The second-order valence-corrected chi connectivity index (χ2v) is 8.90. The van der Waals surface area contributed by atoms with E-state index in [0.717, 1.165) is 5.69 Å². The van der Waals surface area contributed by atoms with Gasteiger partial charge in [-0.15, -0.1) is 11.3 Å². The Morgan fingerprint density at radius 3 is 2.11 bits per heavy atom. The van der Waals surface area contributed by atoms with Crippen LogP contribution in [0.5, 0.6) is 11.5 Å². The Morgan fingerprint density at radius 2 is 1.56 bits per heavy atom. The van der Waals surface area contributed by atoms with E-state index in [4.69, 9.17) is 21.1 Å². The highest BCUT2D eigenvalue weighted by molar-refractivity contribution is 7.12. The van der Waals surface area contributed by atoms with Crippen LogP contribution >= 0.6 is 22.9 Å². The van der Waals surface area contributed by atoms with Crippen LogP contribution in [-0.2, 0) is 0 Å². The van der Waals surface area contributed by atoms with Gasteiger partial charge < -0.3 is 20.1 Å². The molecular weight excluding hydrogens is 500 g/mol. The Hall–Kier alpha value is -3.82. The number of nitrogens with zero attached hydrogens (tertiary/aromatic N) is 2. The second-order valence-electron chi connectivity index (χ2n) is 7.59. The number of para-hydroxylation sites is 1. The molecule has 2 aromatic carbocycles. The Bertz CT molecular complexity index is 1370. The summed E-state index contributed by atoms with van der Waals surface area (Å²) in [4.78, 5) is 26.5. The number of aryl methyl sites for hydroxylation is 1. The van der Waals surface area contributed by atoms with Crippen LogP contribution in [-0.4, -0.2) is 34.8 Å². The predicted octanol–water partition coefficient (Wildman–Crippen LogP) is 6.20. The molecule has 0 saturated heterocycles. The van der Waals surface area contributed by atoms with Crippen LogP contribution in [0.1, 0.15) is 39.6 Å². The average Bonchev–Trinajstić information content (AvgIpc) is 3.50. The van der Waals surface area contributed by atoms with E-state index in [9.17, 15) is 9.59 Å². The minimum Gasteiger partial charge on any atom is -0.492 e. The molecule has 2 N–H and O–H groups in total. The van der Waals surface area contributed by atoms with Crippen molar-refractivity contribution in [2.24, 2.45) is 0 Å². The van der Waals surface area contributed by atoms with Crippen LogP contribution in [0.15, 0.2) is 60.0 Å². The number of hydrogen-bond donors (Lipinski definition) is 2. The molecule has 8 nitrogen and oxygen atoms in total. The number of ether oxygens (including phenoxy) is 2. The van der Waals surface area contributed by atoms with Crippen LogP contribution < -0.4 is 20.1 Å². The molecule has 0 atom stereocenters. The Labute approximate surface area is 217 Å². The average molecular weight is 525 g/mol. The van der Waals surface area contributed by atoms with Gasteiger partial charge in [-0.05, 0) is 44.4 Å². The van der Waals surface area contributed by atoms with E-state index in [0.29, 0.717) is 46.7 Å². The highest BCUT2D eigenvalue weighted by Gasteiger charge is 2.23. The maximum Gasteiger partial charge on any atom is 0.265 e. The molecule has 4 rings (SSSR count). The lowest BCUT2D eigenvalue weighted by Gasteiger charge is -2.17. The number of carbonyl (C=O) groups excluding carboxylic acids is 2. The van der Waals surface area contributed by atoms with Gasteiger partial charge in [0.2, 0.25) is 0 Å². The molecule has 0 spiro atoms. The summed E-state index contributed by atoms with van der Waals surface area (Å²) in [7, 11) is 0. The third-order valence-corrected chi connectivity index (χ3v) is 6.37. The molecule has 2 amide bonds. The summed E-state index contributed by atoms with van der Waals surface area (Å²) >= 11 is 7.91. The molecule has 186 valence electrons. The Kier molecular flexibility index (Phi) is 7.92. The summed E-state index contributed by atoms with van der Waals surface area (Å²) in [6.07, 6.45) is 0. The maximum atomic E-state index is 13.3. The van der Waals surface area contributed by atoms with Gasteiger partial charge in [-0.25, -0.2) is 4.68 Å². The van der Waals surface area contributed by atoms with Gasteiger partial charge in [0.05, 0.1) is 40.8 Å². The van der Waals surface area contributed by atoms with Crippen molar-refractivity contribution in [1.29, 1.82) is 0 Å². The molecule has 2 aromatic heterocycles. The van der Waals surface area contributed by atoms with E-state index >= 15 is 0 Å². The summed E-state index contributed by atoms with van der Waals surface area (Å²) < 4.78 is 13.1. The van der Waals surface area contributed by atoms with E-state index in [1.54, 1.807) is 31.2 Å². The fourth-order valence-electron chi connectivity index (χ4n) is 3.58. The summed E-state index contributed by atoms with van der Waals surface area (Å²) in [5.74, 6) is 0.0586. The largest absolute Gasteiger partial charge is 0.492 e. The number of halogens is 1. The van der Waals surface area contributed by atoms with Crippen LogP contribution in [0, 0.1) is 6.92 Å². The lowest BCUT2D eigenvalue weighted by molar-refractivity contribution is 0.101. The zero-order valence-electron chi connectivity index (χ0n) is 20.0. The van der Waals surface area contributed by atoms with Crippen molar-refractivity contribution in [3.05, 3.63) is 81.3 Å². The lowest BCUT2D eigenvalue weighted by atomic mass is 10.2. The smallest absolute Gasteiger partial charge is 0.265 e. The highest BCUT2D eigenvalue weighted by atomic mass is 35.5. The minimum atomic E-state index is -0.446. The normalized spacial score (nSPS) is 10.7. The van der Waals surface area contributed by atoms with Gasteiger partial charge in [0, 0.05) is 12.1 Å². The SMILES string of the molecule is CCOc1cc(NC(=O)c2c(C)nn(-c3ccccc3)c2Cl)c(OCC)cc1NC(=O)c1cccs1. The number of nitrogens with one attached hydrogen (secondary N) is 2. The number of aromatic nitrogens is 2. The number of anilines is 2. The van der Waals surface area contributed by atoms with Gasteiger partial charge in [0.25, 0.3) is 11.8 Å². The molecule has 4 aromatic rings. The number of amides is 2. The van der Waals surface area contributed by atoms with Crippen molar-refractivity contribution in [3.8, 4) is 17.2 Å². The van der Waals surface area contributed by atoms with E-state index in [-0.39, 0.29) is 16.6 Å². The highest BCUT2D eigenvalue weighted by Crippen LogP contribution is 2.38. The molecule has 0 unspecified atom stereocenters. The molecule has 36 heavy (non-hydrogen) atoms. The predicted molar refractivity (Wildman–Crippen MR) is 142 cm³/mol. The van der Waals surface area contributed by atoms with Crippen LogP contribution in [0.4, 0.5) is 11.4 Å². The number of carbonyl (C=O) groups is 2. The molecule has 0 saturated carbocycles. The molecule has 0 bridgehead atoms. The summed E-state index contributed by atoms with van der Waals surface area (Å²) in [5.41, 5.74) is 2.27. The first kappa shape index (κ1) is 25.3. The topological polar surface area (TPSA) is 94.5 Å². The summed E-state index contributed by atoms with van der Waals surface area (Å²) in [6.45, 7) is 6.09. The van der Waals surface area contributed by atoms with Crippen molar-refractivity contribution in [2.45, 2.75) is 20.8 Å². The van der Waals surface area contributed by atoms with E-state index < -0.39 is 5.91 Å². The Morgan fingerprint density at radius 1 is 0.944 bits per heavy atom. The van der Waals surface area contributed by atoms with Gasteiger partial charge >= 0.3 is 0 Å². The summed E-state index contributed by atoms with van der Waals surface area (Å²) in [5, 5.41) is 12.2. The maximum absolute atomic E-state index is 13.3. The zero-order chi connectivity index (χ0) is 25.7. The van der Waals surface area contributed by atoms with E-state index in [2.05, 4.69) is 15.7 Å². The number of benzene rings is 2. The van der Waals surface area contributed by atoms with Gasteiger partial charge in [0.1, 0.15) is 22.2 Å². The first-order chi connectivity index (χ1) is 17.4. The van der Waals surface area contributed by atoms with Crippen LogP contribution in [0.25, 0.3) is 5.69 Å². The first-order valence-electron chi connectivity index (χ1n) is 11.3. The van der Waals surface area contributed by atoms with E-state index in [1.807, 2.05) is 49.6 Å². The van der Waals surface area contributed by atoms with Crippen molar-refractivity contribution < 1.29 is 19.1 Å². The molecule has 0 aliphatic heterocycles.